The van der Waals surface area contributed by atoms with Crippen molar-refractivity contribution in [3.05, 3.63) is 62.4 Å². The minimum absolute atomic E-state index is 0.168. The quantitative estimate of drug-likeness (QED) is 0.655. The highest BCUT2D eigenvalue weighted by molar-refractivity contribution is 9.10. The average Bonchev–Trinajstić information content (AvgIpc) is 2.42. The summed E-state index contributed by atoms with van der Waals surface area (Å²) >= 11 is 3.29. The van der Waals surface area contributed by atoms with Gasteiger partial charge in [0.2, 0.25) is 5.75 Å². The number of hydrogen-bond donors (Lipinski definition) is 1. The third-order valence-corrected chi connectivity index (χ3v) is 3.46. The van der Waals surface area contributed by atoms with E-state index >= 15 is 0 Å². The molecule has 2 N–H and O–H groups in total. The van der Waals surface area contributed by atoms with E-state index in [4.69, 9.17) is 10.5 Å². The van der Waals surface area contributed by atoms with E-state index < -0.39 is 22.2 Å². The van der Waals surface area contributed by atoms with Crippen molar-refractivity contribution in [2.75, 3.05) is 0 Å². The van der Waals surface area contributed by atoms with E-state index in [0.717, 1.165) is 11.6 Å². The molecule has 0 unspecified atom stereocenters. The van der Waals surface area contributed by atoms with Gasteiger partial charge >= 0.3 is 5.69 Å². The first kappa shape index (κ1) is 15.4. The van der Waals surface area contributed by atoms with E-state index in [9.17, 15) is 14.5 Å². The maximum Gasteiger partial charge on any atom is 0.314 e. The lowest BCUT2D eigenvalue weighted by Gasteiger charge is -2.11. The van der Waals surface area contributed by atoms with Crippen LogP contribution in [-0.2, 0) is 0 Å². The van der Waals surface area contributed by atoms with Gasteiger partial charge in [0.05, 0.1) is 9.40 Å². The molecule has 2 aromatic carbocycles. The number of para-hydroxylation sites is 1. The molecule has 7 heteroatoms. The summed E-state index contributed by atoms with van der Waals surface area (Å²) in [6, 6.07) is 8.41. The Morgan fingerprint density at radius 3 is 2.67 bits per heavy atom. The minimum atomic E-state index is -0.799. The first-order valence-corrected chi connectivity index (χ1v) is 6.85. The summed E-state index contributed by atoms with van der Waals surface area (Å²) in [6.45, 7) is 1.82. The summed E-state index contributed by atoms with van der Waals surface area (Å²) in [4.78, 5) is 10.2. The third-order valence-electron chi connectivity index (χ3n) is 2.84. The molecule has 0 aromatic heterocycles. The number of nitro groups is 1. The van der Waals surface area contributed by atoms with Crippen LogP contribution >= 0.6 is 15.9 Å². The Kier molecular flexibility index (Phi) is 4.54. The predicted octanol–water partition coefficient (Wildman–Crippen LogP) is 4.31. The van der Waals surface area contributed by atoms with Crippen molar-refractivity contribution in [2.24, 2.45) is 5.73 Å². The molecule has 0 spiro atoms. The number of rotatable bonds is 4. The van der Waals surface area contributed by atoms with Crippen LogP contribution in [0.5, 0.6) is 11.5 Å². The van der Waals surface area contributed by atoms with Crippen molar-refractivity contribution in [1.29, 1.82) is 0 Å². The maximum atomic E-state index is 13.8. The first-order chi connectivity index (χ1) is 9.90. The molecular formula is C14H12BrFN2O3. The van der Waals surface area contributed by atoms with Gasteiger partial charge in [0.15, 0.2) is 5.82 Å². The normalized spacial score (nSPS) is 12.0. The summed E-state index contributed by atoms with van der Waals surface area (Å²) in [5, 5.41) is 10.9. The fourth-order valence-corrected chi connectivity index (χ4v) is 2.21. The van der Waals surface area contributed by atoms with Gasteiger partial charge in [0.25, 0.3) is 0 Å². The molecule has 0 heterocycles. The van der Waals surface area contributed by atoms with Gasteiger partial charge < -0.3 is 10.5 Å². The number of nitrogens with zero attached hydrogens (tertiary/aromatic N) is 1. The predicted molar refractivity (Wildman–Crippen MR) is 79.9 cm³/mol. The average molecular weight is 355 g/mol. The van der Waals surface area contributed by atoms with Gasteiger partial charge in [-0.25, -0.2) is 4.39 Å². The van der Waals surface area contributed by atoms with Gasteiger partial charge in [-0.1, -0.05) is 12.1 Å². The van der Waals surface area contributed by atoms with Gasteiger partial charge in [-0.15, -0.1) is 0 Å². The molecule has 0 aliphatic carbocycles. The Bertz CT molecular complexity index is 692. The molecule has 0 amide bonds. The molecule has 0 bridgehead atoms. The maximum absolute atomic E-state index is 13.8. The van der Waals surface area contributed by atoms with E-state index in [1.165, 1.54) is 12.1 Å². The molecule has 2 rings (SSSR count). The van der Waals surface area contributed by atoms with Crippen LogP contribution in [0.2, 0.25) is 0 Å². The number of nitro benzene ring substituents is 1. The Labute approximate surface area is 128 Å². The molecule has 2 aromatic rings. The van der Waals surface area contributed by atoms with E-state index in [1.807, 2.05) is 6.92 Å². The van der Waals surface area contributed by atoms with Gasteiger partial charge in [-0.3, -0.25) is 10.1 Å². The molecule has 110 valence electrons. The van der Waals surface area contributed by atoms with Crippen molar-refractivity contribution >= 4 is 21.6 Å². The van der Waals surface area contributed by atoms with Gasteiger partial charge in [0.1, 0.15) is 5.75 Å². The lowest BCUT2D eigenvalue weighted by molar-refractivity contribution is -0.385. The van der Waals surface area contributed by atoms with Crippen molar-refractivity contribution in [3.63, 3.8) is 0 Å². The zero-order valence-electron chi connectivity index (χ0n) is 11.0. The van der Waals surface area contributed by atoms with Crippen LogP contribution < -0.4 is 10.5 Å². The molecule has 0 aliphatic heterocycles. The summed E-state index contributed by atoms with van der Waals surface area (Å²) in [5.74, 6) is -0.947. The summed E-state index contributed by atoms with van der Waals surface area (Å²) in [5.41, 5.74) is 6.19. The molecule has 0 saturated heterocycles. The van der Waals surface area contributed by atoms with Gasteiger partial charge in [0, 0.05) is 12.1 Å². The highest BCUT2D eigenvalue weighted by Crippen LogP contribution is 2.37. The molecular weight excluding hydrogens is 343 g/mol. The van der Waals surface area contributed by atoms with E-state index in [0.29, 0.717) is 4.47 Å². The number of halogens is 2. The van der Waals surface area contributed by atoms with E-state index in [-0.39, 0.29) is 11.8 Å². The Hall–Kier alpha value is -1.99. The molecule has 0 radical (unpaired) electrons. The van der Waals surface area contributed by atoms with Crippen LogP contribution in [0, 0.1) is 15.9 Å². The summed E-state index contributed by atoms with van der Waals surface area (Å²) in [7, 11) is 0. The Morgan fingerprint density at radius 2 is 2.10 bits per heavy atom. The zero-order chi connectivity index (χ0) is 15.6. The van der Waals surface area contributed by atoms with E-state index in [1.54, 1.807) is 18.2 Å². The second kappa shape index (κ2) is 6.19. The number of nitrogens with two attached hydrogens (primary N) is 1. The first-order valence-electron chi connectivity index (χ1n) is 6.06. The Morgan fingerprint density at radius 1 is 1.38 bits per heavy atom. The molecule has 21 heavy (non-hydrogen) atoms. The fraction of sp³-hybridized carbons (Fsp3) is 0.143. The van der Waals surface area contributed by atoms with Crippen LogP contribution in [0.1, 0.15) is 18.5 Å². The molecule has 0 fully saturated rings. The van der Waals surface area contributed by atoms with Crippen molar-refractivity contribution in [3.8, 4) is 11.5 Å². The van der Waals surface area contributed by atoms with Crippen LogP contribution in [0.15, 0.2) is 40.9 Å². The molecule has 0 saturated carbocycles. The SMILES string of the molecule is C[C@@H](N)c1ccc(Oc2c(F)cccc2[N+](=O)[O-])c(Br)c1. The largest absolute Gasteiger partial charge is 0.446 e. The fourth-order valence-electron chi connectivity index (χ4n) is 1.74. The summed E-state index contributed by atoms with van der Waals surface area (Å²) in [6.07, 6.45) is 0. The smallest absolute Gasteiger partial charge is 0.314 e. The van der Waals surface area contributed by atoms with Crippen LogP contribution in [0.3, 0.4) is 0 Å². The molecule has 5 nitrogen and oxygen atoms in total. The van der Waals surface area contributed by atoms with Crippen LogP contribution in [0.25, 0.3) is 0 Å². The second-order valence-electron chi connectivity index (χ2n) is 4.43. The standard InChI is InChI=1S/C14H12BrFN2O3/c1-8(17)9-5-6-13(10(15)7-9)21-14-11(16)3-2-4-12(14)18(19)20/h2-8H,17H2,1H3/t8-/m1/s1. The monoisotopic (exact) mass is 354 g/mol. The molecule has 0 aliphatic rings. The number of ether oxygens (including phenoxy) is 1. The number of benzene rings is 2. The second-order valence-corrected chi connectivity index (χ2v) is 5.28. The zero-order valence-corrected chi connectivity index (χ0v) is 12.6. The molecule has 1 atom stereocenters. The van der Waals surface area contributed by atoms with Crippen molar-refractivity contribution in [2.45, 2.75) is 13.0 Å². The van der Waals surface area contributed by atoms with Crippen LogP contribution in [-0.4, -0.2) is 4.92 Å². The van der Waals surface area contributed by atoms with Crippen molar-refractivity contribution in [1.82, 2.24) is 0 Å². The lowest BCUT2D eigenvalue weighted by Crippen LogP contribution is -2.04. The van der Waals surface area contributed by atoms with Gasteiger partial charge in [-0.2, -0.15) is 0 Å². The van der Waals surface area contributed by atoms with E-state index in [2.05, 4.69) is 15.9 Å². The summed E-state index contributed by atoms with van der Waals surface area (Å²) < 4.78 is 19.7. The van der Waals surface area contributed by atoms with Crippen molar-refractivity contribution < 1.29 is 14.1 Å². The third kappa shape index (κ3) is 3.37. The van der Waals surface area contributed by atoms with Crippen LogP contribution in [0.4, 0.5) is 10.1 Å². The lowest BCUT2D eigenvalue weighted by atomic mass is 10.1. The Balaban J connectivity index is 2.41. The highest BCUT2D eigenvalue weighted by Gasteiger charge is 2.21. The minimum Gasteiger partial charge on any atom is -0.446 e. The highest BCUT2D eigenvalue weighted by atomic mass is 79.9. The number of hydrogen-bond acceptors (Lipinski definition) is 4. The van der Waals surface area contributed by atoms with Gasteiger partial charge in [-0.05, 0) is 46.6 Å². The topological polar surface area (TPSA) is 78.4 Å².